The molecule has 6 nitrogen and oxygen atoms in total. The van der Waals surface area contributed by atoms with Crippen LogP contribution < -0.4 is 5.32 Å². The SMILES string of the molecule is CS(=O)(=O)c1cccc(C2(C(=O)Nc3cncnc3)CCCC2)c1. The molecule has 2 aromatic rings. The molecule has 1 heterocycles. The Balaban J connectivity index is 1.98. The first kappa shape index (κ1) is 16.6. The number of sulfone groups is 1. The minimum atomic E-state index is -3.32. The third kappa shape index (κ3) is 3.17. The number of carbonyl (C=O) groups is 1. The molecular weight excluding hydrogens is 326 g/mol. The van der Waals surface area contributed by atoms with Gasteiger partial charge in [0, 0.05) is 6.26 Å². The second kappa shape index (κ2) is 6.32. The Morgan fingerprint density at radius 1 is 1.17 bits per heavy atom. The third-order valence-corrected chi connectivity index (χ3v) is 5.64. The molecule has 0 bridgehead atoms. The van der Waals surface area contributed by atoms with E-state index in [1.54, 1.807) is 30.6 Å². The average molecular weight is 345 g/mol. The van der Waals surface area contributed by atoms with Crippen LogP contribution in [0.2, 0.25) is 0 Å². The highest BCUT2D eigenvalue weighted by Gasteiger charge is 2.43. The van der Waals surface area contributed by atoms with Crippen molar-refractivity contribution in [3.63, 3.8) is 0 Å². The molecule has 1 aliphatic rings. The number of hydrogen-bond donors (Lipinski definition) is 1. The maximum Gasteiger partial charge on any atom is 0.235 e. The molecule has 1 saturated carbocycles. The van der Waals surface area contributed by atoms with Gasteiger partial charge in [-0.25, -0.2) is 18.4 Å². The van der Waals surface area contributed by atoms with Gasteiger partial charge in [-0.3, -0.25) is 4.79 Å². The molecule has 126 valence electrons. The first-order valence-electron chi connectivity index (χ1n) is 7.79. The summed E-state index contributed by atoms with van der Waals surface area (Å²) in [6.07, 6.45) is 8.91. The first-order chi connectivity index (χ1) is 11.4. The Kier molecular flexibility index (Phi) is 4.36. The van der Waals surface area contributed by atoms with Gasteiger partial charge in [-0.1, -0.05) is 25.0 Å². The van der Waals surface area contributed by atoms with Crippen molar-refractivity contribution in [1.82, 2.24) is 9.97 Å². The number of anilines is 1. The Labute approximate surface area is 141 Å². The van der Waals surface area contributed by atoms with Crippen molar-refractivity contribution < 1.29 is 13.2 Å². The number of hydrogen-bond acceptors (Lipinski definition) is 5. The van der Waals surface area contributed by atoms with Gasteiger partial charge in [0.1, 0.15) is 6.33 Å². The van der Waals surface area contributed by atoms with Crippen molar-refractivity contribution in [1.29, 1.82) is 0 Å². The van der Waals surface area contributed by atoms with Crippen molar-refractivity contribution in [3.05, 3.63) is 48.5 Å². The lowest BCUT2D eigenvalue weighted by molar-refractivity contribution is -0.121. The number of carbonyl (C=O) groups excluding carboxylic acids is 1. The molecule has 24 heavy (non-hydrogen) atoms. The molecule has 0 atom stereocenters. The van der Waals surface area contributed by atoms with E-state index in [0.717, 1.165) is 18.4 Å². The fourth-order valence-corrected chi connectivity index (χ4v) is 3.93. The van der Waals surface area contributed by atoms with E-state index in [2.05, 4.69) is 15.3 Å². The highest BCUT2D eigenvalue weighted by Crippen LogP contribution is 2.42. The Morgan fingerprint density at radius 2 is 1.83 bits per heavy atom. The number of nitrogens with one attached hydrogen (secondary N) is 1. The van der Waals surface area contributed by atoms with Crippen LogP contribution in [0.25, 0.3) is 0 Å². The van der Waals surface area contributed by atoms with Crippen molar-refractivity contribution in [2.75, 3.05) is 11.6 Å². The van der Waals surface area contributed by atoms with Crippen LogP contribution in [-0.2, 0) is 20.0 Å². The molecule has 3 rings (SSSR count). The van der Waals surface area contributed by atoms with E-state index in [1.165, 1.54) is 12.6 Å². The zero-order valence-corrected chi connectivity index (χ0v) is 14.2. The second-order valence-electron chi connectivity index (χ2n) is 6.17. The smallest absolute Gasteiger partial charge is 0.235 e. The zero-order chi connectivity index (χ0) is 17.2. The van der Waals surface area contributed by atoms with Gasteiger partial charge in [0.05, 0.1) is 28.4 Å². The van der Waals surface area contributed by atoms with Crippen molar-refractivity contribution in [3.8, 4) is 0 Å². The fourth-order valence-electron chi connectivity index (χ4n) is 3.26. The zero-order valence-electron chi connectivity index (χ0n) is 13.4. The summed E-state index contributed by atoms with van der Waals surface area (Å²) >= 11 is 0. The average Bonchev–Trinajstić information content (AvgIpc) is 3.06. The lowest BCUT2D eigenvalue weighted by Crippen LogP contribution is -2.38. The molecule has 0 saturated heterocycles. The molecule has 1 aliphatic carbocycles. The molecule has 0 aliphatic heterocycles. The summed E-state index contributed by atoms with van der Waals surface area (Å²) in [7, 11) is -3.32. The van der Waals surface area contributed by atoms with Crippen LogP contribution in [0.3, 0.4) is 0 Å². The first-order valence-corrected chi connectivity index (χ1v) is 9.68. The Bertz CT molecular complexity index is 844. The number of nitrogens with zero attached hydrogens (tertiary/aromatic N) is 2. The Hall–Kier alpha value is -2.28. The minimum Gasteiger partial charge on any atom is -0.323 e. The highest BCUT2D eigenvalue weighted by atomic mass is 32.2. The quantitative estimate of drug-likeness (QED) is 0.918. The molecule has 1 N–H and O–H groups in total. The van der Waals surface area contributed by atoms with Gasteiger partial charge in [-0.05, 0) is 30.5 Å². The second-order valence-corrected chi connectivity index (χ2v) is 8.19. The van der Waals surface area contributed by atoms with Gasteiger partial charge in [-0.15, -0.1) is 0 Å². The molecule has 1 fully saturated rings. The van der Waals surface area contributed by atoms with Crippen LogP contribution in [0, 0.1) is 0 Å². The standard InChI is InChI=1S/C17H19N3O3S/c1-24(22,23)15-6-4-5-13(9-15)17(7-2-3-8-17)16(21)20-14-10-18-12-19-11-14/h4-6,9-12H,2-3,7-8H2,1H3,(H,20,21). The topological polar surface area (TPSA) is 89.0 Å². The predicted molar refractivity (Wildman–Crippen MR) is 90.4 cm³/mol. The summed E-state index contributed by atoms with van der Waals surface area (Å²) < 4.78 is 23.7. The van der Waals surface area contributed by atoms with E-state index in [4.69, 9.17) is 0 Å². The van der Waals surface area contributed by atoms with E-state index in [-0.39, 0.29) is 10.8 Å². The van der Waals surface area contributed by atoms with Gasteiger partial charge >= 0.3 is 0 Å². The van der Waals surface area contributed by atoms with Crippen LogP contribution in [0.15, 0.2) is 47.9 Å². The van der Waals surface area contributed by atoms with Crippen LogP contribution in [-0.4, -0.2) is 30.5 Å². The van der Waals surface area contributed by atoms with Crippen LogP contribution in [0.4, 0.5) is 5.69 Å². The summed E-state index contributed by atoms with van der Waals surface area (Å²) in [5, 5.41) is 2.87. The van der Waals surface area contributed by atoms with E-state index < -0.39 is 15.3 Å². The summed E-state index contributed by atoms with van der Waals surface area (Å²) in [5.41, 5.74) is 0.571. The van der Waals surface area contributed by atoms with E-state index >= 15 is 0 Å². The summed E-state index contributed by atoms with van der Waals surface area (Å²) in [6.45, 7) is 0. The Morgan fingerprint density at radius 3 is 2.46 bits per heavy atom. The predicted octanol–water partition coefficient (Wildman–Crippen LogP) is 2.33. The van der Waals surface area contributed by atoms with Crippen molar-refractivity contribution in [2.24, 2.45) is 0 Å². The van der Waals surface area contributed by atoms with Crippen molar-refractivity contribution in [2.45, 2.75) is 36.0 Å². The van der Waals surface area contributed by atoms with Gasteiger partial charge < -0.3 is 5.32 Å². The van der Waals surface area contributed by atoms with E-state index in [9.17, 15) is 13.2 Å². The monoisotopic (exact) mass is 345 g/mol. The molecular formula is C17H19N3O3S. The molecule has 1 aromatic heterocycles. The van der Waals surface area contributed by atoms with Crippen molar-refractivity contribution >= 4 is 21.4 Å². The maximum absolute atomic E-state index is 13.0. The lowest BCUT2D eigenvalue weighted by atomic mass is 9.78. The molecule has 1 aromatic carbocycles. The number of amides is 1. The molecule has 0 spiro atoms. The summed E-state index contributed by atoms with van der Waals surface area (Å²) in [6, 6.07) is 6.72. The van der Waals surface area contributed by atoms with Crippen LogP contribution in [0.1, 0.15) is 31.2 Å². The minimum absolute atomic E-state index is 0.138. The molecule has 1 amide bonds. The largest absolute Gasteiger partial charge is 0.323 e. The fraction of sp³-hybridized carbons (Fsp3) is 0.353. The van der Waals surface area contributed by atoms with E-state index in [1.807, 2.05) is 6.07 Å². The van der Waals surface area contributed by atoms with Gasteiger partial charge in [0.25, 0.3) is 0 Å². The number of rotatable bonds is 4. The van der Waals surface area contributed by atoms with Crippen LogP contribution >= 0.6 is 0 Å². The molecule has 7 heteroatoms. The summed E-state index contributed by atoms with van der Waals surface area (Å²) in [4.78, 5) is 21.0. The van der Waals surface area contributed by atoms with Gasteiger partial charge in [0.2, 0.25) is 5.91 Å². The van der Waals surface area contributed by atoms with Gasteiger partial charge in [-0.2, -0.15) is 0 Å². The maximum atomic E-state index is 13.0. The molecule has 0 radical (unpaired) electrons. The lowest BCUT2D eigenvalue weighted by Gasteiger charge is -2.28. The third-order valence-electron chi connectivity index (χ3n) is 4.52. The van der Waals surface area contributed by atoms with E-state index in [0.29, 0.717) is 18.5 Å². The number of benzene rings is 1. The summed E-state index contributed by atoms with van der Waals surface area (Å²) in [5.74, 6) is -0.138. The normalized spacial score (nSPS) is 16.7. The number of aromatic nitrogens is 2. The van der Waals surface area contributed by atoms with Crippen LogP contribution in [0.5, 0.6) is 0 Å². The highest BCUT2D eigenvalue weighted by molar-refractivity contribution is 7.90. The van der Waals surface area contributed by atoms with Gasteiger partial charge in [0.15, 0.2) is 9.84 Å². The molecule has 0 unspecified atom stereocenters.